The maximum absolute atomic E-state index is 11.7. The molecule has 0 aromatic rings. The van der Waals surface area contributed by atoms with Gasteiger partial charge in [-0.15, -0.1) is 0 Å². The molecule has 8 atom stereocenters. The number of aliphatic hydroxyl groups is 4. The van der Waals surface area contributed by atoms with E-state index >= 15 is 0 Å². The quantitative estimate of drug-likeness (QED) is 0.570. The molecule has 6 nitrogen and oxygen atoms in total. The fraction of sp³-hybridized carbons (Fsp3) is 0.900. The van der Waals surface area contributed by atoms with E-state index in [2.05, 4.69) is 0 Å². The summed E-state index contributed by atoms with van der Waals surface area (Å²) < 4.78 is 0. The molecule has 0 aromatic heterocycles. The average Bonchev–Trinajstić information content (AvgIpc) is 3.08. The molecule has 0 amide bonds. The van der Waals surface area contributed by atoms with Crippen molar-refractivity contribution in [3.8, 4) is 0 Å². The van der Waals surface area contributed by atoms with E-state index in [1.165, 1.54) is 0 Å². The van der Waals surface area contributed by atoms with Crippen LogP contribution in [0.3, 0.4) is 0 Å². The molecule has 4 N–H and O–H groups in total. The summed E-state index contributed by atoms with van der Waals surface area (Å²) >= 11 is 0. The van der Waals surface area contributed by atoms with Gasteiger partial charge in [0.2, 0.25) is 0 Å². The van der Waals surface area contributed by atoms with Gasteiger partial charge in [0.05, 0.1) is 23.0 Å². The van der Waals surface area contributed by atoms with Gasteiger partial charge in [-0.25, -0.2) is 0 Å². The van der Waals surface area contributed by atoms with E-state index in [1.54, 1.807) is 13.8 Å². The Morgan fingerprint density at radius 2 is 1.08 bits per heavy atom. The van der Waals surface area contributed by atoms with E-state index in [9.17, 15) is 30.0 Å². The summed E-state index contributed by atoms with van der Waals surface area (Å²) in [5, 5.41) is 38.3. The number of aliphatic hydroxyl groups excluding tert-OH is 4. The Hall–Kier alpha value is -0.820. The number of hydrogen-bond donors (Lipinski definition) is 4. The van der Waals surface area contributed by atoms with Crippen LogP contribution >= 0.6 is 0 Å². The van der Waals surface area contributed by atoms with E-state index < -0.39 is 33.9 Å². The summed E-state index contributed by atoms with van der Waals surface area (Å²) in [6, 6.07) is 0. The third kappa shape index (κ3) is 2.02. The highest BCUT2D eigenvalue weighted by Gasteiger charge is 2.69. The molecule has 148 valence electrons. The van der Waals surface area contributed by atoms with Crippen LogP contribution in [0.4, 0.5) is 0 Å². The average molecular weight is 368 g/mol. The summed E-state index contributed by atoms with van der Waals surface area (Å²) in [4.78, 5) is 23.3. The van der Waals surface area contributed by atoms with Crippen LogP contribution in [-0.2, 0) is 9.59 Å². The zero-order valence-corrected chi connectivity index (χ0v) is 16.2. The van der Waals surface area contributed by atoms with Crippen molar-refractivity contribution in [3.63, 3.8) is 0 Å². The highest BCUT2D eigenvalue weighted by Crippen LogP contribution is 2.64. The molecule has 4 fully saturated rings. The van der Waals surface area contributed by atoms with Crippen LogP contribution in [0.1, 0.15) is 53.4 Å². The van der Waals surface area contributed by atoms with Crippen LogP contribution in [0.2, 0.25) is 0 Å². The normalized spacial score (nSPS) is 54.6. The first-order valence-electron chi connectivity index (χ1n) is 9.58. The molecule has 4 aliphatic carbocycles. The second-order valence-electron chi connectivity index (χ2n) is 9.71. The summed E-state index contributed by atoms with van der Waals surface area (Å²) in [7, 11) is 0. The lowest BCUT2D eigenvalue weighted by atomic mass is 9.68. The van der Waals surface area contributed by atoms with Gasteiger partial charge >= 0.3 is 0 Å². The Labute approximate surface area is 154 Å². The molecule has 4 saturated carbocycles. The minimum atomic E-state index is -0.702. The van der Waals surface area contributed by atoms with Gasteiger partial charge < -0.3 is 20.4 Å². The summed E-state index contributed by atoms with van der Waals surface area (Å²) in [5.41, 5.74) is -2.20. The largest absolute Gasteiger partial charge is 0.396 e. The van der Waals surface area contributed by atoms with Gasteiger partial charge in [0.25, 0.3) is 0 Å². The van der Waals surface area contributed by atoms with Gasteiger partial charge in [-0.1, -0.05) is 13.8 Å². The van der Waals surface area contributed by atoms with Crippen LogP contribution in [0, 0.1) is 33.5 Å². The van der Waals surface area contributed by atoms with Gasteiger partial charge in [-0.3, -0.25) is 9.59 Å². The highest BCUT2D eigenvalue weighted by molar-refractivity contribution is 5.90. The molecule has 0 saturated heterocycles. The fourth-order valence-electron chi connectivity index (χ4n) is 6.22. The summed E-state index contributed by atoms with van der Waals surface area (Å²) in [5.74, 6) is 0.579. The van der Waals surface area contributed by atoms with E-state index in [0.29, 0.717) is 25.7 Å². The molecular formula is C20H32O6. The summed E-state index contributed by atoms with van der Waals surface area (Å²) in [6.07, 6.45) is 1.28. The zero-order chi connectivity index (χ0) is 19.7. The second kappa shape index (κ2) is 5.84. The van der Waals surface area contributed by atoms with E-state index in [-0.39, 0.29) is 36.6 Å². The van der Waals surface area contributed by atoms with Crippen LogP contribution in [-0.4, -0.2) is 57.4 Å². The lowest BCUT2D eigenvalue weighted by molar-refractivity contribution is -0.137. The van der Waals surface area contributed by atoms with Crippen molar-refractivity contribution in [2.24, 2.45) is 33.5 Å². The summed E-state index contributed by atoms with van der Waals surface area (Å²) in [6.45, 7) is 7.41. The first-order chi connectivity index (χ1) is 11.9. The molecule has 4 rings (SSSR count). The lowest BCUT2D eigenvalue weighted by Crippen LogP contribution is -2.44. The molecule has 0 radical (unpaired) electrons. The lowest BCUT2D eigenvalue weighted by Gasteiger charge is -2.36. The number of fused-ring (bicyclic) bond motifs is 4. The highest BCUT2D eigenvalue weighted by atomic mass is 16.3. The molecule has 0 unspecified atom stereocenters. The monoisotopic (exact) mass is 368 g/mol. The topological polar surface area (TPSA) is 115 Å². The predicted molar refractivity (Wildman–Crippen MR) is 94.1 cm³/mol. The second-order valence-corrected chi connectivity index (χ2v) is 9.71. The third-order valence-electron chi connectivity index (χ3n) is 9.20. The van der Waals surface area contributed by atoms with Crippen LogP contribution in [0.15, 0.2) is 0 Å². The first-order valence-corrected chi connectivity index (χ1v) is 9.58. The number of ketones is 2. The van der Waals surface area contributed by atoms with Gasteiger partial charge in [0.15, 0.2) is 0 Å². The molecule has 0 heterocycles. The van der Waals surface area contributed by atoms with Crippen LogP contribution < -0.4 is 0 Å². The SMILES string of the molecule is C[C@]12C(=O)C[C@H](C[C@@H]1O)[C@@]2(C)CO.C[C@]12C(=O)C[C@H](C[C@@H]1O)[C@@]2(C)CO. The standard InChI is InChI=1S/2C10H16O3/c2*1-9(5-11)6-3-7(12)10(9,2)8(13)4-6/h2*6-7,11-12H,3-5H2,1-2H3/t2*6-,7-,9+,10+/m00/s1. The molecule has 0 spiro atoms. The van der Waals surface area contributed by atoms with Crippen molar-refractivity contribution in [1.82, 2.24) is 0 Å². The number of carbonyl (C=O) groups is 2. The van der Waals surface area contributed by atoms with E-state index in [0.717, 1.165) is 0 Å². The number of Topliss-reactive ketones (excluding diaryl/α,β-unsaturated/α-hetero) is 2. The Balaban J connectivity index is 0.000000151. The maximum atomic E-state index is 11.7. The minimum Gasteiger partial charge on any atom is -0.396 e. The molecule has 26 heavy (non-hydrogen) atoms. The van der Waals surface area contributed by atoms with Gasteiger partial charge in [0.1, 0.15) is 11.6 Å². The Kier molecular flexibility index (Phi) is 4.47. The molecule has 6 heteroatoms. The Bertz CT molecular complexity index is 580. The van der Waals surface area contributed by atoms with E-state index in [4.69, 9.17) is 0 Å². The Morgan fingerprint density at radius 1 is 0.769 bits per heavy atom. The molecule has 4 bridgehead atoms. The maximum Gasteiger partial charge on any atom is 0.142 e. The van der Waals surface area contributed by atoms with E-state index in [1.807, 2.05) is 13.8 Å². The third-order valence-corrected chi connectivity index (χ3v) is 9.20. The molecule has 0 aliphatic heterocycles. The first kappa shape index (κ1) is 19.9. The van der Waals surface area contributed by atoms with Crippen LogP contribution in [0.25, 0.3) is 0 Å². The molecular weight excluding hydrogens is 336 g/mol. The molecule has 4 aliphatic rings. The van der Waals surface area contributed by atoms with Gasteiger partial charge in [-0.05, 0) is 38.5 Å². The van der Waals surface area contributed by atoms with Crippen LogP contribution in [0.5, 0.6) is 0 Å². The number of carbonyl (C=O) groups excluding carboxylic acids is 2. The van der Waals surface area contributed by atoms with Crippen molar-refractivity contribution in [2.45, 2.75) is 65.6 Å². The minimum absolute atomic E-state index is 0.00301. The van der Waals surface area contributed by atoms with Crippen molar-refractivity contribution in [3.05, 3.63) is 0 Å². The van der Waals surface area contributed by atoms with Gasteiger partial charge in [-0.2, -0.15) is 0 Å². The van der Waals surface area contributed by atoms with Crippen molar-refractivity contribution < 1.29 is 30.0 Å². The number of rotatable bonds is 2. The van der Waals surface area contributed by atoms with Crippen molar-refractivity contribution >= 4 is 11.6 Å². The number of hydrogen-bond acceptors (Lipinski definition) is 6. The van der Waals surface area contributed by atoms with Crippen molar-refractivity contribution in [1.29, 1.82) is 0 Å². The predicted octanol–water partition coefficient (Wildman–Crippen LogP) is 0.690. The zero-order valence-electron chi connectivity index (χ0n) is 16.2. The molecule has 0 aromatic carbocycles. The van der Waals surface area contributed by atoms with Crippen molar-refractivity contribution in [2.75, 3.05) is 13.2 Å². The fourth-order valence-corrected chi connectivity index (χ4v) is 6.22. The van der Waals surface area contributed by atoms with Gasteiger partial charge in [0, 0.05) is 36.9 Å². The smallest absolute Gasteiger partial charge is 0.142 e. The Morgan fingerprint density at radius 3 is 1.23 bits per heavy atom.